The van der Waals surface area contributed by atoms with E-state index < -0.39 is 0 Å². The zero-order valence-corrected chi connectivity index (χ0v) is 10.8. The van der Waals surface area contributed by atoms with Gasteiger partial charge in [-0.2, -0.15) is 0 Å². The summed E-state index contributed by atoms with van der Waals surface area (Å²) in [4.78, 5) is 11.7. The lowest BCUT2D eigenvalue weighted by Crippen LogP contribution is -2.27. The number of hydrogen-bond acceptors (Lipinski definition) is 3. The second-order valence-corrected chi connectivity index (χ2v) is 5.82. The van der Waals surface area contributed by atoms with Crippen molar-refractivity contribution in [1.29, 1.82) is 0 Å². The molecular weight excluding hydrogens is 234 g/mol. The highest BCUT2D eigenvalue weighted by Gasteiger charge is 2.22. The van der Waals surface area contributed by atoms with Gasteiger partial charge in [0, 0.05) is 18.7 Å². The molecule has 0 aliphatic carbocycles. The molecule has 3 rings (SSSR count). The molecule has 1 aromatic heterocycles. The average Bonchev–Trinajstić information content (AvgIpc) is 2.51. The Morgan fingerprint density at radius 1 is 1.35 bits per heavy atom. The molecule has 0 saturated carbocycles. The molecule has 4 heteroatoms. The largest absolute Gasteiger partial charge is 0.483 e. The van der Waals surface area contributed by atoms with E-state index in [1.165, 1.54) is 11.3 Å². The number of rotatable bonds is 0. The quantitative estimate of drug-likeness (QED) is 0.716. The zero-order valence-electron chi connectivity index (χ0n) is 9.98. The van der Waals surface area contributed by atoms with Gasteiger partial charge in [0.15, 0.2) is 0 Å². The Morgan fingerprint density at radius 2 is 2.12 bits per heavy atom. The van der Waals surface area contributed by atoms with E-state index in [1.807, 2.05) is 32.1 Å². The highest BCUT2D eigenvalue weighted by molar-refractivity contribution is 7.16. The number of hydrogen-bond donors (Lipinski definition) is 0. The molecule has 3 nitrogen and oxygen atoms in total. The van der Waals surface area contributed by atoms with Crippen molar-refractivity contribution in [3.63, 3.8) is 0 Å². The Bertz CT molecular complexity index is 691. The summed E-state index contributed by atoms with van der Waals surface area (Å²) in [5.74, 6) is 0.854. The van der Waals surface area contributed by atoms with Gasteiger partial charge in [0.2, 0.25) is 0 Å². The lowest BCUT2D eigenvalue weighted by atomic mass is 10.0. The molecule has 0 spiro atoms. The standard InChI is InChI=1S/C13H13NO2S/c1-13(2)5-4-8-6-9-11(7-10(8)16-13)17-12(15)14(9)3/h4-7H,1-3H3. The predicted octanol–water partition coefficient (Wildman–Crippen LogP) is 2.78. The van der Waals surface area contributed by atoms with E-state index in [4.69, 9.17) is 4.74 Å². The fourth-order valence-corrected chi connectivity index (χ4v) is 2.89. The SMILES string of the molecule is Cn1c(=O)sc2cc3c(cc21)C=CC(C)(C)O3. The number of thiazole rings is 1. The fourth-order valence-electron chi connectivity index (χ4n) is 2.00. The highest BCUT2D eigenvalue weighted by atomic mass is 32.1. The van der Waals surface area contributed by atoms with Gasteiger partial charge in [0.25, 0.3) is 0 Å². The van der Waals surface area contributed by atoms with Crippen LogP contribution in [-0.2, 0) is 7.05 Å². The Hall–Kier alpha value is -1.55. The monoisotopic (exact) mass is 247 g/mol. The normalized spacial score (nSPS) is 16.9. The molecule has 1 aliphatic rings. The summed E-state index contributed by atoms with van der Waals surface area (Å²) in [5.41, 5.74) is 1.72. The number of fused-ring (bicyclic) bond motifs is 2. The van der Waals surface area contributed by atoms with Gasteiger partial charge in [-0.15, -0.1) is 0 Å². The number of ether oxygens (including phenoxy) is 1. The molecule has 0 saturated heterocycles. The molecule has 2 aromatic rings. The molecule has 17 heavy (non-hydrogen) atoms. The van der Waals surface area contributed by atoms with E-state index in [2.05, 4.69) is 6.08 Å². The van der Waals surface area contributed by atoms with E-state index >= 15 is 0 Å². The summed E-state index contributed by atoms with van der Waals surface area (Å²) < 4.78 is 8.53. The first-order valence-corrected chi connectivity index (χ1v) is 6.30. The van der Waals surface area contributed by atoms with Crippen molar-refractivity contribution in [3.8, 4) is 5.75 Å². The highest BCUT2D eigenvalue weighted by Crippen LogP contribution is 2.34. The van der Waals surface area contributed by atoms with Crippen molar-refractivity contribution in [1.82, 2.24) is 4.57 Å². The maximum atomic E-state index is 11.6. The third kappa shape index (κ3) is 1.60. The summed E-state index contributed by atoms with van der Waals surface area (Å²) in [7, 11) is 1.80. The molecule has 0 atom stereocenters. The van der Waals surface area contributed by atoms with Crippen molar-refractivity contribution >= 4 is 27.6 Å². The summed E-state index contributed by atoms with van der Waals surface area (Å²) in [6.45, 7) is 4.04. The van der Waals surface area contributed by atoms with Gasteiger partial charge in [0.05, 0.1) is 10.2 Å². The van der Waals surface area contributed by atoms with Crippen LogP contribution in [0, 0.1) is 0 Å². The van der Waals surface area contributed by atoms with Crippen molar-refractivity contribution < 1.29 is 4.74 Å². The minimum atomic E-state index is -0.277. The summed E-state index contributed by atoms with van der Waals surface area (Å²) >= 11 is 1.26. The summed E-state index contributed by atoms with van der Waals surface area (Å²) in [6, 6.07) is 3.97. The van der Waals surface area contributed by atoms with Crippen LogP contribution in [0.15, 0.2) is 23.0 Å². The Labute approximate surface area is 103 Å². The van der Waals surface area contributed by atoms with Gasteiger partial charge in [-0.1, -0.05) is 17.4 Å². The number of nitrogens with zero attached hydrogens (tertiary/aromatic N) is 1. The topological polar surface area (TPSA) is 31.2 Å². The summed E-state index contributed by atoms with van der Waals surface area (Å²) in [5, 5.41) is 0. The molecule has 0 radical (unpaired) electrons. The first kappa shape index (κ1) is 10.6. The van der Waals surface area contributed by atoms with Crippen LogP contribution in [0.4, 0.5) is 0 Å². The third-order valence-corrected chi connectivity index (χ3v) is 3.96. The van der Waals surface area contributed by atoms with Gasteiger partial charge in [-0.25, -0.2) is 0 Å². The Morgan fingerprint density at radius 3 is 2.88 bits per heavy atom. The Kier molecular flexibility index (Phi) is 2.01. The van der Waals surface area contributed by atoms with E-state index in [-0.39, 0.29) is 10.5 Å². The minimum Gasteiger partial charge on any atom is -0.483 e. The number of aromatic nitrogens is 1. The molecule has 1 aliphatic heterocycles. The van der Waals surface area contributed by atoms with E-state index in [0.717, 1.165) is 21.5 Å². The van der Waals surface area contributed by atoms with E-state index in [0.29, 0.717) is 0 Å². The minimum absolute atomic E-state index is 0.0607. The first-order chi connectivity index (χ1) is 7.96. The van der Waals surface area contributed by atoms with Gasteiger partial charge >= 0.3 is 4.87 Å². The van der Waals surface area contributed by atoms with Crippen LogP contribution in [0.3, 0.4) is 0 Å². The number of aryl methyl sites for hydroxylation is 1. The van der Waals surface area contributed by atoms with Crippen LogP contribution in [0.25, 0.3) is 16.3 Å². The molecular formula is C13H13NO2S. The van der Waals surface area contributed by atoms with Gasteiger partial charge in [-0.3, -0.25) is 4.79 Å². The van der Waals surface area contributed by atoms with E-state index in [1.54, 1.807) is 11.6 Å². The molecule has 0 amide bonds. The van der Waals surface area contributed by atoms with Crippen LogP contribution in [0.2, 0.25) is 0 Å². The van der Waals surface area contributed by atoms with Crippen LogP contribution in [0.1, 0.15) is 19.4 Å². The van der Waals surface area contributed by atoms with Crippen molar-refractivity contribution in [2.45, 2.75) is 19.4 Å². The first-order valence-electron chi connectivity index (χ1n) is 5.48. The molecule has 0 unspecified atom stereocenters. The van der Waals surface area contributed by atoms with Gasteiger partial charge in [-0.05, 0) is 26.0 Å². The maximum Gasteiger partial charge on any atom is 0.307 e. The lowest BCUT2D eigenvalue weighted by Gasteiger charge is -2.27. The molecule has 0 fully saturated rings. The van der Waals surface area contributed by atoms with Crippen molar-refractivity contribution in [3.05, 3.63) is 33.4 Å². The molecule has 0 N–H and O–H groups in total. The predicted molar refractivity (Wildman–Crippen MR) is 70.8 cm³/mol. The van der Waals surface area contributed by atoms with Crippen LogP contribution >= 0.6 is 11.3 Å². The Balaban J connectivity index is 2.30. The van der Waals surface area contributed by atoms with Crippen LogP contribution < -0.4 is 9.61 Å². The maximum absolute atomic E-state index is 11.6. The van der Waals surface area contributed by atoms with Gasteiger partial charge < -0.3 is 9.30 Å². The number of benzene rings is 1. The second-order valence-electron chi connectivity index (χ2n) is 4.82. The average molecular weight is 247 g/mol. The van der Waals surface area contributed by atoms with Crippen LogP contribution in [-0.4, -0.2) is 10.2 Å². The van der Waals surface area contributed by atoms with Gasteiger partial charge in [0.1, 0.15) is 11.4 Å². The van der Waals surface area contributed by atoms with Crippen LogP contribution in [0.5, 0.6) is 5.75 Å². The van der Waals surface area contributed by atoms with Crippen molar-refractivity contribution in [2.75, 3.05) is 0 Å². The van der Waals surface area contributed by atoms with E-state index in [9.17, 15) is 4.79 Å². The molecule has 88 valence electrons. The summed E-state index contributed by atoms with van der Waals surface area (Å²) in [6.07, 6.45) is 4.09. The lowest BCUT2D eigenvalue weighted by molar-refractivity contribution is 0.159. The molecule has 2 heterocycles. The fraction of sp³-hybridized carbons (Fsp3) is 0.308. The molecule has 1 aromatic carbocycles. The third-order valence-electron chi connectivity index (χ3n) is 2.96. The second kappa shape index (κ2) is 3.23. The van der Waals surface area contributed by atoms with Crippen molar-refractivity contribution in [2.24, 2.45) is 7.05 Å². The smallest absolute Gasteiger partial charge is 0.307 e. The zero-order chi connectivity index (χ0) is 12.2. The molecule has 0 bridgehead atoms.